The SMILES string of the molecule is COC(=O)c1ccc(O)c(Cl)c1.COC(=O)c1ccc(OCc2cccc(Cl)c2)c(Cl)c1.Clc1cccc(CBr)c1.O=C(Cl)C(=O)Cl.O=C(Cl)c1ccc(OCc2cccc(Cl)c2)c(Cl)c1.O=C(O)c1ccc(OCc2cccc(Cl)c2)cc1.O=C(c1ccccc1)N1CCN(C2CN(C(=O)c3ccc(OCc4cccc(Cl)c4)c(Cl)c3)C2)CC1.O=C(c1ccccc1)N1CCN(C2CNC2)CC1. The van der Waals surface area contributed by atoms with Crippen molar-refractivity contribution in [3.63, 3.8) is 0 Å². The number of phenols is 1. The van der Waals surface area contributed by atoms with E-state index < -0.39 is 33.6 Å². The van der Waals surface area contributed by atoms with Gasteiger partial charge in [-0.2, -0.15) is 0 Å². The van der Waals surface area contributed by atoms with Crippen molar-refractivity contribution in [2.75, 3.05) is 92.8 Å². The van der Waals surface area contributed by atoms with Crippen molar-refractivity contribution in [2.45, 2.75) is 43.8 Å². The van der Waals surface area contributed by atoms with Crippen LogP contribution in [0.4, 0.5) is 0 Å². The third kappa shape index (κ3) is 36.8. The number of carbonyl (C=O) groups excluding carboxylic acids is 8. The Kier molecular flexibility index (Phi) is 46.4. The number of aromatic hydroxyl groups is 1. The van der Waals surface area contributed by atoms with E-state index in [1.165, 1.54) is 62.2 Å². The second-order valence-corrected chi connectivity index (χ2v) is 35.6. The first-order chi connectivity index (χ1) is 66.2. The van der Waals surface area contributed by atoms with E-state index in [1.54, 1.807) is 72.8 Å². The molecular weight excluding hydrogens is 2090 g/mol. The minimum atomic E-state index is -1.14. The Labute approximate surface area is 867 Å². The van der Waals surface area contributed by atoms with E-state index >= 15 is 0 Å². The Morgan fingerprint density at radius 3 is 1.00 bits per heavy atom. The third-order valence-corrected chi connectivity index (χ3v) is 24.4. The Hall–Kier alpha value is -10.7. The number of carbonyl (C=O) groups is 9. The van der Waals surface area contributed by atoms with E-state index in [-0.39, 0.29) is 34.1 Å². The molecule has 0 aromatic heterocycles. The number of aromatic carboxylic acids is 1. The number of hydrogen-bond acceptors (Lipinski definition) is 19. The quantitative estimate of drug-likeness (QED) is 0.0232. The van der Waals surface area contributed by atoms with Crippen LogP contribution in [-0.2, 0) is 50.8 Å². The Balaban J connectivity index is 0.000000185. The fourth-order valence-electron chi connectivity index (χ4n) is 13.2. The normalized spacial score (nSPS) is 13.1. The molecule has 12 aromatic carbocycles. The number of phenolic OH excluding ortho intramolecular Hbond substituents is 1. The largest absolute Gasteiger partial charge is 0.506 e. The van der Waals surface area contributed by atoms with Gasteiger partial charge in [0.25, 0.3) is 23.0 Å². The summed E-state index contributed by atoms with van der Waals surface area (Å²) >= 11 is 71.1. The van der Waals surface area contributed by atoms with Gasteiger partial charge in [-0.25, -0.2) is 14.4 Å². The highest BCUT2D eigenvalue weighted by Gasteiger charge is 2.38. The number of piperazine rings is 2. The first-order valence-corrected chi connectivity index (χ1v) is 47.8. The molecule has 3 N–H and O–H groups in total. The molecule has 0 atom stereocenters. The van der Waals surface area contributed by atoms with Gasteiger partial charge in [0.1, 0.15) is 55.2 Å². The first kappa shape index (κ1) is 111. The van der Waals surface area contributed by atoms with E-state index in [4.69, 9.17) is 145 Å². The molecule has 138 heavy (non-hydrogen) atoms. The number of likely N-dealkylation sites (tertiary alicyclic amines) is 1. The monoisotopic (exact) mass is 2170 g/mol. The van der Waals surface area contributed by atoms with Crippen LogP contribution in [0.15, 0.2) is 279 Å². The van der Waals surface area contributed by atoms with Gasteiger partial charge in [0, 0.05) is 143 Å². The maximum absolute atomic E-state index is 13.0. The van der Waals surface area contributed by atoms with Crippen LogP contribution in [0.2, 0.25) is 45.2 Å². The predicted molar refractivity (Wildman–Crippen MR) is 547 cm³/mol. The van der Waals surface area contributed by atoms with Crippen LogP contribution in [0.3, 0.4) is 0 Å². The van der Waals surface area contributed by atoms with Crippen molar-refractivity contribution in [1.29, 1.82) is 0 Å². The van der Waals surface area contributed by atoms with Gasteiger partial charge in [-0.05, 0) is 245 Å². The average molecular weight is 2180 g/mol. The van der Waals surface area contributed by atoms with E-state index in [2.05, 4.69) is 63.7 Å². The molecule has 0 radical (unpaired) electrons. The lowest BCUT2D eigenvalue weighted by Gasteiger charge is -2.48. The smallest absolute Gasteiger partial charge is 0.337 e. The van der Waals surface area contributed by atoms with Gasteiger partial charge in [-0.1, -0.05) is 217 Å². The molecule has 4 heterocycles. The van der Waals surface area contributed by atoms with Crippen molar-refractivity contribution in [1.82, 2.24) is 29.8 Å². The summed E-state index contributed by atoms with van der Waals surface area (Å²) in [4.78, 5) is 111. The molecule has 23 nitrogen and oxygen atoms in total. The summed E-state index contributed by atoms with van der Waals surface area (Å²) in [6.07, 6.45) is 0. The summed E-state index contributed by atoms with van der Waals surface area (Å²) in [5.41, 5.74) is 8.34. The highest BCUT2D eigenvalue weighted by molar-refractivity contribution is 9.08. The summed E-state index contributed by atoms with van der Waals surface area (Å²) < 4.78 is 31.6. The van der Waals surface area contributed by atoms with Crippen LogP contribution in [0.1, 0.15) is 100 Å². The number of ether oxygens (including phenoxy) is 6. The molecule has 0 saturated carbocycles. The summed E-state index contributed by atoms with van der Waals surface area (Å²) in [5.74, 6) is 0.443. The standard InChI is InChI=1S/C28H27Cl2N3O3.C15H12Cl2O3.C14H9Cl3O2.C14H11ClO3.C14H19N3O.C8H7ClO3.C7H6BrCl.C2Cl2O2/c29-23-8-4-5-20(15-23)19-36-26-10-9-22(16-25(26)30)28(35)33-17-24(18-33)31-11-13-32(14-12-31)27(34)21-6-2-1-3-7-21;1-19-15(18)11-5-6-14(13(17)8-11)20-9-10-3-2-4-12(16)7-10;15-11-3-1-2-9(6-11)8-19-13-5-4-10(14(17)18)7-12(13)16;15-12-3-1-2-10(8-12)9-18-13-6-4-11(5-7-13)14(16)17;18-14(12-4-2-1-3-5-12)17-8-6-16(7-9-17)13-10-15-11-13;1-12-8(11)5-2-3-7(10)6(9)4-5;8-5-6-2-1-3-7(9)4-6;3-1(5)2(4)6/h1-10,15-16,24H,11-14,17-19H2;2-8H,9H2,1H3;1-7H,8H2;1-8H,9H2,(H,16,17);1-5,13,15H,6-11H2;2-4,10H,1H3;1-4H,5H2;. The molecule has 16 rings (SSSR count). The van der Waals surface area contributed by atoms with Gasteiger partial charge < -0.3 is 58.7 Å². The van der Waals surface area contributed by atoms with Crippen LogP contribution < -0.4 is 24.3 Å². The van der Waals surface area contributed by atoms with Crippen LogP contribution in [-0.4, -0.2) is 191 Å². The van der Waals surface area contributed by atoms with E-state index in [0.29, 0.717) is 145 Å². The molecule has 3 amide bonds. The fourth-order valence-corrected chi connectivity index (χ4v) is 15.7. The molecule has 4 saturated heterocycles. The van der Waals surface area contributed by atoms with Gasteiger partial charge in [0.15, 0.2) is 0 Å². The zero-order chi connectivity index (χ0) is 99.7. The fraction of sp³-hybridized carbons (Fsp3) is 0.206. The Morgan fingerprint density at radius 2 is 0.667 bits per heavy atom. The molecule has 0 bridgehead atoms. The van der Waals surface area contributed by atoms with Crippen LogP contribution in [0.5, 0.6) is 28.7 Å². The second-order valence-electron chi connectivity index (χ2n) is 30.2. The lowest BCUT2D eigenvalue weighted by molar-refractivity contribution is -0.127. The number of nitrogens with zero attached hydrogens (tertiary/aromatic N) is 5. The van der Waals surface area contributed by atoms with E-state index in [9.17, 15) is 43.2 Å². The van der Waals surface area contributed by atoms with Gasteiger partial charge >= 0.3 is 28.4 Å². The maximum atomic E-state index is 13.0. The van der Waals surface area contributed by atoms with Crippen molar-refractivity contribution in [3.8, 4) is 28.7 Å². The lowest BCUT2D eigenvalue weighted by Crippen LogP contribution is -2.64. The van der Waals surface area contributed by atoms with Crippen LogP contribution in [0.25, 0.3) is 0 Å². The van der Waals surface area contributed by atoms with Crippen LogP contribution in [0, 0.1) is 0 Å². The number of carboxylic acid groups (broad SMARTS) is 1. The number of benzene rings is 12. The van der Waals surface area contributed by atoms with E-state index in [0.717, 1.165) is 96.1 Å². The summed E-state index contributed by atoms with van der Waals surface area (Å²) in [6.45, 7) is 11.7. The lowest BCUT2D eigenvalue weighted by atomic mass is 10.0. The molecular formula is C102H91BrCl12N6O17. The van der Waals surface area contributed by atoms with Crippen molar-refractivity contribution >= 4 is 206 Å². The van der Waals surface area contributed by atoms with Gasteiger partial charge in [-0.3, -0.25) is 38.6 Å². The highest BCUT2D eigenvalue weighted by atomic mass is 79.9. The number of esters is 2. The third-order valence-electron chi connectivity index (χ3n) is 20.7. The summed E-state index contributed by atoms with van der Waals surface area (Å²) in [7, 11) is 2.60. The molecule has 4 fully saturated rings. The molecule has 722 valence electrons. The molecule has 4 aliphatic rings. The molecule has 36 heteroatoms. The number of nitrogens with one attached hydrogen (secondary N) is 1. The minimum absolute atomic E-state index is 0.0348. The van der Waals surface area contributed by atoms with Gasteiger partial charge in [0.05, 0.1) is 51.0 Å². The number of hydrogen-bond donors (Lipinski definition) is 3. The number of amides is 3. The number of halogens is 13. The number of carboxylic acids is 1. The van der Waals surface area contributed by atoms with E-state index in [1.807, 2.05) is 178 Å². The Morgan fingerprint density at radius 1 is 0.341 bits per heavy atom. The molecule has 0 spiro atoms. The van der Waals surface area contributed by atoms with Crippen molar-refractivity contribution in [3.05, 3.63) is 391 Å². The zero-order valence-electron chi connectivity index (χ0n) is 73.9. The Bertz CT molecular complexity index is 6090. The minimum Gasteiger partial charge on any atom is -0.506 e. The number of methoxy groups -OCH3 is 2. The van der Waals surface area contributed by atoms with Crippen molar-refractivity contribution in [2.24, 2.45) is 0 Å². The highest BCUT2D eigenvalue weighted by Crippen LogP contribution is 2.33. The second kappa shape index (κ2) is 57.8. The number of alkyl halides is 1. The number of rotatable bonds is 23. The van der Waals surface area contributed by atoms with Crippen molar-refractivity contribution < 1.29 is 81.8 Å². The summed E-state index contributed by atoms with van der Waals surface area (Å²) in [5, 5.41) is 23.8. The first-order valence-electron chi connectivity index (χ1n) is 42.2. The molecule has 4 aliphatic heterocycles. The van der Waals surface area contributed by atoms with Gasteiger partial charge in [-0.15, -0.1) is 0 Å². The molecule has 0 aliphatic carbocycles. The molecule has 12 aromatic rings. The zero-order valence-corrected chi connectivity index (χ0v) is 84.6. The maximum Gasteiger partial charge on any atom is 0.337 e. The average Bonchev–Trinajstić information content (AvgIpc) is 0.788. The molecule has 0 unspecified atom stereocenters. The summed E-state index contributed by atoms with van der Waals surface area (Å²) in [6, 6.07) is 82.3. The van der Waals surface area contributed by atoms with Crippen LogP contribution >= 0.6 is 155 Å². The predicted octanol–water partition coefficient (Wildman–Crippen LogP) is 23.8. The van der Waals surface area contributed by atoms with Gasteiger partial charge in [0.2, 0.25) is 0 Å². The topological polar surface area (TPSA) is 278 Å².